The SMILES string of the molecule is Cc1ccccc1S(=O)(=O)NC1CCN(C(=O)NC(C)C)CC1. The van der Waals surface area contributed by atoms with E-state index in [4.69, 9.17) is 0 Å². The molecule has 1 aromatic rings. The molecule has 0 atom stereocenters. The number of nitrogens with zero attached hydrogens (tertiary/aromatic N) is 1. The lowest BCUT2D eigenvalue weighted by Gasteiger charge is -2.32. The molecule has 1 aromatic carbocycles. The number of carbonyl (C=O) groups is 1. The van der Waals surface area contributed by atoms with Crippen LogP contribution >= 0.6 is 0 Å². The van der Waals surface area contributed by atoms with Crippen LogP contribution in [0, 0.1) is 6.92 Å². The van der Waals surface area contributed by atoms with Crippen molar-refractivity contribution < 1.29 is 13.2 Å². The van der Waals surface area contributed by atoms with Gasteiger partial charge >= 0.3 is 6.03 Å². The highest BCUT2D eigenvalue weighted by Gasteiger charge is 2.27. The number of piperidine rings is 1. The first-order valence-corrected chi connectivity index (χ1v) is 9.41. The fraction of sp³-hybridized carbons (Fsp3) is 0.562. The monoisotopic (exact) mass is 339 g/mol. The average Bonchev–Trinajstić information content (AvgIpc) is 2.47. The van der Waals surface area contributed by atoms with Crippen molar-refractivity contribution in [1.29, 1.82) is 0 Å². The Labute approximate surface area is 138 Å². The van der Waals surface area contributed by atoms with E-state index in [1.807, 2.05) is 19.9 Å². The molecule has 2 amide bonds. The zero-order valence-corrected chi connectivity index (χ0v) is 14.7. The summed E-state index contributed by atoms with van der Waals surface area (Å²) in [4.78, 5) is 14.0. The summed E-state index contributed by atoms with van der Waals surface area (Å²) in [5, 5.41) is 2.86. The third kappa shape index (κ3) is 4.68. The van der Waals surface area contributed by atoms with E-state index in [9.17, 15) is 13.2 Å². The molecular formula is C16H25N3O3S. The van der Waals surface area contributed by atoms with Crippen LogP contribution in [0.15, 0.2) is 29.2 Å². The molecule has 1 fully saturated rings. The van der Waals surface area contributed by atoms with Gasteiger partial charge in [0.2, 0.25) is 10.0 Å². The molecule has 0 aromatic heterocycles. The maximum Gasteiger partial charge on any atom is 0.317 e. The van der Waals surface area contributed by atoms with Gasteiger partial charge in [-0.15, -0.1) is 0 Å². The van der Waals surface area contributed by atoms with E-state index in [0.29, 0.717) is 30.8 Å². The summed E-state index contributed by atoms with van der Waals surface area (Å²) in [5.41, 5.74) is 0.730. The van der Waals surface area contributed by atoms with Crippen LogP contribution in [0.1, 0.15) is 32.3 Å². The molecule has 0 radical (unpaired) electrons. The van der Waals surface area contributed by atoms with E-state index < -0.39 is 10.0 Å². The highest BCUT2D eigenvalue weighted by Crippen LogP contribution is 2.17. The predicted octanol–water partition coefficient (Wildman–Crippen LogP) is 1.86. The van der Waals surface area contributed by atoms with Crippen LogP contribution in [0.4, 0.5) is 4.79 Å². The van der Waals surface area contributed by atoms with Crippen molar-refractivity contribution in [1.82, 2.24) is 14.9 Å². The predicted molar refractivity (Wildman–Crippen MR) is 89.8 cm³/mol. The lowest BCUT2D eigenvalue weighted by Crippen LogP contribution is -2.50. The van der Waals surface area contributed by atoms with Crippen LogP contribution in [0.3, 0.4) is 0 Å². The Bertz CT molecular complexity index is 650. The number of sulfonamides is 1. The van der Waals surface area contributed by atoms with Gasteiger partial charge in [-0.3, -0.25) is 0 Å². The third-order valence-corrected chi connectivity index (χ3v) is 5.58. The normalized spacial score (nSPS) is 16.6. The van der Waals surface area contributed by atoms with Gasteiger partial charge in [0.1, 0.15) is 0 Å². The molecule has 1 aliphatic rings. The summed E-state index contributed by atoms with van der Waals surface area (Å²) in [6, 6.07) is 6.82. The van der Waals surface area contributed by atoms with Crippen molar-refractivity contribution in [2.45, 2.75) is 50.6 Å². The van der Waals surface area contributed by atoms with Crippen molar-refractivity contribution in [2.75, 3.05) is 13.1 Å². The van der Waals surface area contributed by atoms with Crippen molar-refractivity contribution in [3.05, 3.63) is 29.8 Å². The van der Waals surface area contributed by atoms with Gasteiger partial charge in [-0.05, 0) is 45.2 Å². The molecule has 2 rings (SSSR count). The molecule has 6 nitrogen and oxygen atoms in total. The molecule has 2 N–H and O–H groups in total. The van der Waals surface area contributed by atoms with Gasteiger partial charge in [0.15, 0.2) is 0 Å². The van der Waals surface area contributed by atoms with Crippen LogP contribution in [-0.2, 0) is 10.0 Å². The molecule has 1 heterocycles. The molecule has 7 heteroatoms. The highest BCUT2D eigenvalue weighted by molar-refractivity contribution is 7.89. The second-order valence-electron chi connectivity index (χ2n) is 6.25. The molecule has 0 spiro atoms. The topological polar surface area (TPSA) is 78.5 Å². The van der Waals surface area contributed by atoms with Crippen molar-refractivity contribution in [2.24, 2.45) is 0 Å². The van der Waals surface area contributed by atoms with E-state index in [1.54, 1.807) is 30.0 Å². The number of amides is 2. The van der Waals surface area contributed by atoms with Crippen molar-refractivity contribution >= 4 is 16.1 Å². The van der Waals surface area contributed by atoms with Crippen molar-refractivity contribution in [3.8, 4) is 0 Å². The van der Waals surface area contributed by atoms with Crippen molar-refractivity contribution in [3.63, 3.8) is 0 Å². The minimum absolute atomic E-state index is 0.0831. The summed E-state index contributed by atoms with van der Waals surface area (Å²) < 4.78 is 27.7. The number of rotatable bonds is 4. The first-order valence-electron chi connectivity index (χ1n) is 7.93. The Kier molecular flexibility index (Phi) is 5.64. The number of hydrogen-bond donors (Lipinski definition) is 2. The molecule has 0 unspecified atom stereocenters. The number of hydrogen-bond acceptors (Lipinski definition) is 3. The Hall–Kier alpha value is -1.60. The maximum absolute atomic E-state index is 12.5. The minimum atomic E-state index is -3.52. The fourth-order valence-electron chi connectivity index (χ4n) is 2.68. The van der Waals surface area contributed by atoms with Gasteiger partial charge < -0.3 is 10.2 Å². The largest absolute Gasteiger partial charge is 0.336 e. The smallest absolute Gasteiger partial charge is 0.317 e. The molecular weight excluding hydrogens is 314 g/mol. The average molecular weight is 339 g/mol. The third-order valence-electron chi connectivity index (χ3n) is 3.90. The van der Waals surface area contributed by atoms with E-state index in [0.717, 1.165) is 5.56 Å². The first-order chi connectivity index (χ1) is 10.8. The van der Waals surface area contributed by atoms with E-state index >= 15 is 0 Å². The Morgan fingerprint density at radius 1 is 1.22 bits per heavy atom. The summed E-state index contributed by atoms with van der Waals surface area (Å²) in [6.45, 7) is 6.73. The molecule has 1 aliphatic heterocycles. The molecule has 128 valence electrons. The molecule has 1 saturated heterocycles. The van der Waals surface area contributed by atoms with Crippen LogP contribution < -0.4 is 10.0 Å². The Morgan fingerprint density at radius 3 is 2.39 bits per heavy atom. The molecule has 0 saturated carbocycles. The van der Waals surface area contributed by atoms with E-state index in [-0.39, 0.29) is 18.1 Å². The van der Waals surface area contributed by atoms with Gasteiger partial charge in [0.25, 0.3) is 0 Å². The van der Waals surface area contributed by atoms with Crippen LogP contribution in [0.5, 0.6) is 0 Å². The Morgan fingerprint density at radius 2 is 1.83 bits per heavy atom. The summed E-state index contributed by atoms with van der Waals surface area (Å²) >= 11 is 0. The molecule has 0 aliphatic carbocycles. The molecule has 23 heavy (non-hydrogen) atoms. The second kappa shape index (κ2) is 7.31. The summed E-state index contributed by atoms with van der Waals surface area (Å²) in [7, 11) is -3.52. The standard InChI is InChI=1S/C16H25N3O3S/c1-12(2)17-16(20)19-10-8-14(9-11-19)18-23(21,22)15-7-5-4-6-13(15)3/h4-7,12,14,18H,8-11H2,1-3H3,(H,17,20). The zero-order valence-electron chi connectivity index (χ0n) is 13.9. The fourth-order valence-corrected chi connectivity index (χ4v) is 4.23. The lowest BCUT2D eigenvalue weighted by atomic mass is 10.1. The summed E-state index contributed by atoms with van der Waals surface area (Å²) in [5.74, 6) is 0. The second-order valence-corrected chi connectivity index (χ2v) is 7.93. The lowest BCUT2D eigenvalue weighted by molar-refractivity contribution is 0.177. The van der Waals surface area contributed by atoms with Gasteiger partial charge in [-0.2, -0.15) is 0 Å². The number of carbonyl (C=O) groups excluding carboxylic acids is 1. The van der Waals surface area contributed by atoms with Gasteiger partial charge in [-0.25, -0.2) is 17.9 Å². The zero-order chi connectivity index (χ0) is 17.0. The number of benzene rings is 1. The number of aryl methyl sites for hydroxylation is 1. The minimum Gasteiger partial charge on any atom is -0.336 e. The number of urea groups is 1. The highest BCUT2D eigenvalue weighted by atomic mass is 32.2. The number of nitrogens with one attached hydrogen (secondary N) is 2. The quantitative estimate of drug-likeness (QED) is 0.879. The van der Waals surface area contributed by atoms with E-state index in [1.165, 1.54) is 0 Å². The van der Waals surface area contributed by atoms with Crippen LogP contribution in [-0.4, -0.2) is 44.5 Å². The van der Waals surface area contributed by atoms with Crippen LogP contribution in [0.2, 0.25) is 0 Å². The maximum atomic E-state index is 12.5. The number of likely N-dealkylation sites (tertiary alicyclic amines) is 1. The first kappa shape index (κ1) is 17.7. The van der Waals surface area contributed by atoms with Crippen LogP contribution in [0.25, 0.3) is 0 Å². The van der Waals surface area contributed by atoms with E-state index in [2.05, 4.69) is 10.0 Å². The van der Waals surface area contributed by atoms with Gasteiger partial charge in [0.05, 0.1) is 4.90 Å². The summed E-state index contributed by atoms with van der Waals surface area (Å²) in [6.07, 6.45) is 1.24. The van der Waals surface area contributed by atoms with Gasteiger partial charge in [0, 0.05) is 25.2 Å². The van der Waals surface area contributed by atoms with Gasteiger partial charge in [-0.1, -0.05) is 18.2 Å². The molecule has 0 bridgehead atoms. The Balaban J connectivity index is 1.94.